The summed E-state index contributed by atoms with van der Waals surface area (Å²) in [6.07, 6.45) is 3.02. The molecule has 0 fully saturated rings. The van der Waals surface area contributed by atoms with Crippen molar-refractivity contribution < 1.29 is 14.3 Å². The van der Waals surface area contributed by atoms with E-state index in [9.17, 15) is 4.79 Å². The van der Waals surface area contributed by atoms with Crippen molar-refractivity contribution in [1.29, 1.82) is 0 Å². The van der Waals surface area contributed by atoms with Gasteiger partial charge in [0, 0.05) is 7.11 Å². The summed E-state index contributed by atoms with van der Waals surface area (Å²) in [5.41, 5.74) is 0. The minimum atomic E-state index is -0.0987. The second kappa shape index (κ2) is 7.80. The molecular formula is C11H22O3. The van der Waals surface area contributed by atoms with E-state index in [1.54, 1.807) is 7.11 Å². The monoisotopic (exact) mass is 202 g/mol. The minimum Gasteiger partial charge on any atom is -0.466 e. The van der Waals surface area contributed by atoms with Gasteiger partial charge in [0.15, 0.2) is 0 Å². The molecule has 0 N–H and O–H groups in total. The Kier molecular flexibility index (Phi) is 7.48. The lowest BCUT2D eigenvalue weighted by molar-refractivity contribution is -0.147. The first-order valence-electron chi connectivity index (χ1n) is 5.35. The molecular weight excluding hydrogens is 180 g/mol. The van der Waals surface area contributed by atoms with Crippen LogP contribution >= 0.6 is 0 Å². The molecule has 2 atom stereocenters. The molecule has 3 heteroatoms. The fraction of sp³-hybridized carbons (Fsp3) is 0.909. The lowest BCUT2D eigenvalue weighted by Gasteiger charge is -2.15. The highest BCUT2D eigenvalue weighted by atomic mass is 16.5. The van der Waals surface area contributed by atoms with Crippen molar-refractivity contribution in [2.75, 3.05) is 13.7 Å². The van der Waals surface area contributed by atoms with E-state index in [1.807, 2.05) is 13.8 Å². The highest BCUT2D eigenvalue weighted by molar-refractivity contribution is 5.71. The van der Waals surface area contributed by atoms with E-state index in [0.29, 0.717) is 6.61 Å². The Bertz CT molecular complexity index is 153. The van der Waals surface area contributed by atoms with Crippen molar-refractivity contribution in [2.45, 2.75) is 46.1 Å². The molecule has 0 saturated heterocycles. The first kappa shape index (κ1) is 13.4. The number of esters is 1. The van der Waals surface area contributed by atoms with Gasteiger partial charge in [-0.15, -0.1) is 0 Å². The molecule has 84 valence electrons. The van der Waals surface area contributed by atoms with E-state index in [1.165, 1.54) is 0 Å². The molecule has 0 aliphatic rings. The second-order valence-corrected chi connectivity index (χ2v) is 3.50. The lowest BCUT2D eigenvalue weighted by atomic mass is 10.0. The van der Waals surface area contributed by atoms with E-state index < -0.39 is 0 Å². The number of carbonyl (C=O) groups excluding carboxylic acids is 1. The summed E-state index contributed by atoms with van der Waals surface area (Å²) in [5.74, 6) is -0.113. The number of ether oxygens (including phenoxy) is 2. The van der Waals surface area contributed by atoms with Crippen LogP contribution < -0.4 is 0 Å². The molecule has 2 unspecified atom stereocenters. The van der Waals surface area contributed by atoms with Gasteiger partial charge in [0.1, 0.15) is 0 Å². The van der Waals surface area contributed by atoms with Crippen LogP contribution in [0.15, 0.2) is 0 Å². The zero-order chi connectivity index (χ0) is 11.0. The van der Waals surface area contributed by atoms with Gasteiger partial charge in [-0.25, -0.2) is 0 Å². The van der Waals surface area contributed by atoms with Crippen LogP contribution in [0.3, 0.4) is 0 Å². The number of rotatable bonds is 7. The number of hydrogen-bond donors (Lipinski definition) is 0. The zero-order valence-electron chi connectivity index (χ0n) is 9.71. The Labute approximate surface area is 86.8 Å². The molecule has 0 aliphatic carbocycles. The van der Waals surface area contributed by atoms with Crippen molar-refractivity contribution in [2.24, 2.45) is 5.92 Å². The standard InChI is InChI=1S/C11H22O3/c1-5-10(13-4)8-7-9(3)11(12)14-6-2/h9-10H,5-8H2,1-4H3. The maximum atomic E-state index is 11.3. The van der Waals surface area contributed by atoms with E-state index in [0.717, 1.165) is 19.3 Å². The molecule has 0 heterocycles. The number of hydrogen-bond acceptors (Lipinski definition) is 3. The van der Waals surface area contributed by atoms with Gasteiger partial charge in [-0.3, -0.25) is 4.79 Å². The molecule has 3 nitrogen and oxygen atoms in total. The van der Waals surface area contributed by atoms with Gasteiger partial charge in [0.25, 0.3) is 0 Å². The van der Waals surface area contributed by atoms with Crippen LogP contribution in [0, 0.1) is 5.92 Å². The maximum Gasteiger partial charge on any atom is 0.308 e. The van der Waals surface area contributed by atoms with Gasteiger partial charge < -0.3 is 9.47 Å². The van der Waals surface area contributed by atoms with Crippen molar-refractivity contribution in [3.05, 3.63) is 0 Å². The first-order chi connectivity index (χ1) is 6.65. The average molecular weight is 202 g/mol. The first-order valence-corrected chi connectivity index (χ1v) is 5.35. The van der Waals surface area contributed by atoms with Gasteiger partial charge in [0.2, 0.25) is 0 Å². The average Bonchev–Trinajstić information content (AvgIpc) is 2.19. The molecule has 0 aromatic heterocycles. The van der Waals surface area contributed by atoms with Crippen LogP contribution in [-0.2, 0) is 14.3 Å². The summed E-state index contributed by atoms with van der Waals surface area (Å²) < 4.78 is 10.2. The van der Waals surface area contributed by atoms with Crippen LogP contribution in [0.1, 0.15) is 40.0 Å². The third-order valence-corrected chi connectivity index (χ3v) is 2.40. The maximum absolute atomic E-state index is 11.3. The SMILES string of the molecule is CCOC(=O)C(C)CCC(CC)OC. The highest BCUT2D eigenvalue weighted by Crippen LogP contribution is 2.13. The van der Waals surface area contributed by atoms with Gasteiger partial charge in [-0.1, -0.05) is 13.8 Å². The summed E-state index contributed by atoms with van der Waals surface area (Å²) in [6.45, 7) is 6.28. The molecule has 0 aliphatic heterocycles. The Hall–Kier alpha value is -0.570. The Morgan fingerprint density at radius 3 is 2.36 bits per heavy atom. The molecule has 0 bridgehead atoms. The summed E-state index contributed by atoms with van der Waals surface area (Å²) in [7, 11) is 1.71. The second-order valence-electron chi connectivity index (χ2n) is 3.50. The number of carbonyl (C=O) groups is 1. The van der Waals surface area contributed by atoms with Crippen molar-refractivity contribution in [3.8, 4) is 0 Å². The molecule has 0 aromatic carbocycles. The van der Waals surface area contributed by atoms with Crippen LogP contribution in [0.2, 0.25) is 0 Å². The van der Waals surface area contributed by atoms with Gasteiger partial charge in [-0.05, 0) is 26.2 Å². The zero-order valence-corrected chi connectivity index (χ0v) is 9.71. The molecule has 0 rings (SSSR count). The van der Waals surface area contributed by atoms with E-state index >= 15 is 0 Å². The third kappa shape index (κ3) is 5.22. The van der Waals surface area contributed by atoms with Gasteiger partial charge >= 0.3 is 5.97 Å². The van der Waals surface area contributed by atoms with Crippen molar-refractivity contribution in [1.82, 2.24) is 0 Å². The van der Waals surface area contributed by atoms with Gasteiger partial charge in [0.05, 0.1) is 18.6 Å². The smallest absolute Gasteiger partial charge is 0.308 e. The van der Waals surface area contributed by atoms with Crippen LogP contribution in [0.25, 0.3) is 0 Å². The summed E-state index contributed by atoms with van der Waals surface area (Å²) >= 11 is 0. The summed E-state index contributed by atoms with van der Waals surface area (Å²) in [6, 6.07) is 0. The molecule has 0 saturated carbocycles. The van der Waals surface area contributed by atoms with Gasteiger partial charge in [-0.2, -0.15) is 0 Å². The van der Waals surface area contributed by atoms with Crippen molar-refractivity contribution in [3.63, 3.8) is 0 Å². The minimum absolute atomic E-state index is 0.0147. The molecule has 14 heavy (non-hydrogen) atoms. The fourth-order valence-corrected chi connectivity index (χ4v) is 1.33. The molecule has 0 radical (unpaired) electrons. The molecule has 0 amide bonds. The predicted octanol–water partition coefficient (Wildman–Crippen LogP) is 2.39. The Balaban J connectivity index is 3.71. The van der Waals surface area contributed by atoms with E-state index in [-0.39, 0.29) is 18.0 Å². The lowest BCUT2D eigenvalue weighted by Crippen LogP contribution is -2.18. The van der Waals surface area contributed by atoms with Crippen LogP contribution in [0.4, 0.5) is 0 Å². The topological polar surface area (TPSA) is 35.5 Å². The Morgan fingerprint density at radius 2 is 1.93 bits per heavy atom. The molecule has 0 aromatic rings. The van der Waals surface area contributed by atoms with Crippen LogP contribution in [0.5, 0.6) is 0 Å². The van der Waals surface area contributed by atoms with Crippen molar-refractivity contribution >= 4 is 5.97 Å². The Morgan fingerprint density at radius 1 is 1.29 bits per heavy atom. The quantitative estimate of drug-likeness (QED) is 0.595. The highest BCUT2D eigenvalue weighted by Gasteiger charge is 2.15. The largest absolute Gasteiger partial charge is 0.466 e. The third-order valence-electron chi connectivity index (χ3n) is 2.40. The normalized spacial score (nSPS) is 14.9. The molecule has 0 spiro atoms. The fourth-order valence-electron chi connectivity index (χ4n) is 1.33. The summed E-state index contributed by atoms with van der Waals surface area (Å²) in [4.78, 5) is 11.3. The van der Waals surface area contributed by atoms with E-state index in [4.69, 9.17) is 9.47 Å². The predicted molar refractivity (Wildman–Crippen MR) is 56.1 cm³/mol. The summed E-state index contributed by atoms with van der Waals surface area (Å²) in [5, 5.41) is 0. The van der Waals surface area contributed by atoms with E-state index in [2.05, 4.69) is 6.92 Å². The van der Waals surface area contributed by atoms with Crippen LogP contribution in [-0.4, -0.2) is 25.8 Å². The number of methoxy groups -OCH3 is 1.